The lowest BCUT2D eigenvalue weighted by molar-refractivity contribution is -0.140. The van der Waals surface area contributed by atoms with Crippen LogP contribution < -0.4 is 5.32 Å². The zero-order valence-corrected chi connectivity index (χ0v) is 20.0. The fraction of sp³-hybridized carbons (Fsp3) is 0.696. The Morgan fingerprint density at radius 1 is 1.15 bits per heavy atom. The third-order valence-electron chi connectivity index (χ3n) is 7.96. The van der Waals surface area contributed by atoms with Gasteiger partial charge in [0.2, 0.25) is 15.9 Å². The van der Waals surface area contributed by atoms with Crippen LogP contribution in [0.1, 0.15) is 63.4 Å². The maximum Gasteiger partial charge on any atom is 0.417 e. The topological polar surface area (TPSA) is 66.5 Å². The third-order valence-corrected chi connectivity index (χ3v) is 10.5. The molecule has 0 aromatic heterocycles. The number of benzene rings is 1. The van der Waals surface area contributed by atoms with Crippen molar-refractivity contribution in [2.75, 3.05) is 6.54 Å². The normalized spacial score (nSPS) is 36.3. The molecule has 0 radical (unpaired) electrons. The molecule has 3 unspecified atom stereocenters. The Hall–Kier alpha value is -1.26. The molecule has 1 saturated heterocycles. The lowest BCUT2D eigenvalue weighted by Gasteiger charge is -2.60. The van der Waals surface area contributed by atoms with Gasteiger partial charge in [0.25, 0.3) is 0 Å². The molecule has 1 aromatic carbocycles. The lowest BCUT2D eigenvalue weighted by Crippen LogP contribution is -2.64. The first-order chi connectivity index (χ1) is 15.4. The van der Waals surface area contributed by atoms with Crippen LogP contribution in [-0.2, 0) is 21.0 Å². The number of rotatable bonds is 5. The summed E-state index contributed by atoms with van der Waals surface area (Å²) in [5.41, 5.74) is -1.46. The minimum absolute atomic E-state index is 0.0376. The van der Waals surface area contributed by atoms with Crippen LogP contribution in [0.5, 0.6) is 0 Å². The lowest BCUT2D eigenvalue weighted by atomic mass is 9.52. The Labute approximate surface area is 197 Å². The zero-order chi connectivity index (χ0) is 23.6. The van der Waals surface area contributed by atoms with Crippen molar-refractivity contribution in [2.45, 2.75) is 85.2 Å². The summed E-state index contributed by atoms with van der Waals surface area (Å²) in [7, 11) is -4.39. The predicted octanol–water partition coefficient (Wildman–Crippen LogP) is 4.39. The van der Waals surface area contributed by atoms with Crippen molar-refractivity contribution >= 4 is 28.6 Å². The molecule has 1 heterocycles. The van der Waals surface area contributed by atoms with Crippen molar-refractivity contribution in [2.24, 2.45) is 11.8 Å². The summed E-state index contributed by atoms with van der Waals surface area (Å²) < 4.78 is 67.9. The van der Waals surface area contributed by atoms with E-state index in [2.05, 4.69) is 5.32 Å². The molecule has 1 aliphatic heterocycles. The molecule has 4 saturated carbocycles. The highest BCUT2D eigenvalue weighted by atomic mass is 32.2. The average molecular weight is 503 g/mol. The van der Waals surface area contributed by atoms with Crippen molar-refractivity contribution in [3.8, 4) is 0 Å². The van der Waals surface area contributed by atoms with Gasteiger partial charge in [-0.2, -0.15) is 30.1 Å². The highest BCUT2D eigenvalue weighted by Crippen LogP contribution is 2.59. The molecule has 6 rings (SSSR count). The van der Waals surface area contributed by atoms with Crippen LogP contribution in [0.25, 0.3) is 0 Å². The molecule has 33 heavy (non-hydrogen) atoms. The third kappa shape index (κ3) is 4.31. The predicted molar refractivity (Wildman–Crippen MR) is 120 cm³/mol. The van der Waals surface area contributed by atoms with E-state index < -0.39 is 32.7 Å². The largest absolute Gasteiger partial charge is 0.417 e. The number of thiol groups is 1. The molecule has 1 aromatic rings. The smallest absolute Gasteiger partial charge is 0.351 e. The minimum atomic E-state index is -4.78. The monoisotopic (exact) mass is 502 g/mol. The molecule has 5 atom stereocenters. The molecular formula is C23H29F3N2O3S2. The number of amides is 1. The molecular weight excluding hydrogens is 473 g/mol. The number of nitrogens with zero attached hydrogens (tertiary/aromatic N) is 1. The van der Waals surface area contributed by atoms with E-state index in [0.717, 1.165) is 48.5 Å². The van der Waals surface area contributed by atoms with Crippen molar-refractivity contribution in [1.29, 1.82) is 0 Å². The van der Waals surface area contributed by atoms with E-state index in [0.29, 0.717) is 24.7 Å². The summed E-state index contributed by atoms with van der Waals surface area (Å²) in [6.45, 7) is 0.113. The Kier molecular flexibility index (Phi) is 5.61. The summed E-state index contributed by atoms with van der Waals surface area (Å²) in [5, 5.41) is 3.23. The molecule has 10 heteroatoms. The van der Waals surface area contributed by atoms with Crippen LogP contribution in [0.4, 0.5) is 13.2 Å². The fourth-order valence-electron chi connectivity index (χ4n) is 7.30. The molecule has 5 aliphatic rings. The summed E-state index contributed by atoms with van der Waals surface area (Å²) >= 11 is 4.94. The number of halogens is 3. The Bertz CT molecular complexity index is 1050. The van der Waals surface area contributed by atoms with Crippen molar-refractivity contribution in [1.82, 2.24) is 9.62 Å². The minimum Gasteiger partial charge on any atom is -0.351 e. The number of carbonyl (C=O) groups is 1. The van der Waals surface area contributed by atoms with Gasteiger partial charge >= 0.3 is 6.18 Å². The van der Waals surface area contributed by atoms with E-state index >= 15 is 0 Å². The number of hydrogen-bond donors (Lipinski definition) is 2. The quantitative estimate of drug-likeness (QED) is 0.587. The van der Waals surface area contributed by atoms with Crippen LogP contribution in [0.2, 0.25) is 0 Å². The first-order valence-electron chi connectivity index (χ1n) is 11.6. The van der Waals surface area contributed by atoms with Crippen LogP contribution in [-0.4, -0.2) is 41.5 Å². The number of sulfonamides is 1. The number of hydrogen-bond acceptors (Lipinski definition) is 4. The highest BCUT2D eigenvalue weighted by Gasteiger charge is 2.57. The van der Waals surface area contributed by atoms with E-state index in [1.54, 1.807) is 0 Å². The second kappa shape index (κ2) is 7.88. The standard InChI is InChI=1S/C23H29F3N2O3S2/c24-23(25,26)18-5-1-2-6-19(18)33(30,31)28-7-3-4-17(28)9-20(29)27-21-10-15-8-16(11-21)13-22(32,12-15)14-21/h1-2,5-6,15-17,32H,3-4,7-14H2,(H,27,29)/t15-,16+,17?,21?,22?. The fourth-order valence-corrected chi connectivity index (χ4v) is 10.0. The van der Waals surface area contributed by atoms with Gasteiger partial charge in [-0.3, -0.25) is 4.79 Å². The molecule has 1 amide bonds. The first-order valence-corrected chi connectivity index (χ1v) is 13.5. The number of alkyl halides is 3. The van der Waals surface area contributed by atoms with Gasteiger partial charge in [0.05, 0.1) is 10.5 Å². The van der Waals surface area contributed by atoms with E-state index in [4.69, 9.17) is 12.6 Å². The summed E-state index contributed by atoms with van der Waals surface area (Å²) in [5.74, 6) is 0.905. The Balaban J connectivity index is 1.32. The van der Waals surface area contributed by atoms with E-state index in [1.165, 1.54) is 18.6 Å². The van der Waals surface area contributed by atoms with Crippen molar-refractivity contribution in [3.05, 3.63) is 29.8 Å². The zero-order valence-electron chi connectivity index (χ0n) is 18.3. The summed E-state index contributed by atoms with van der Waals surface area (Å²) in [4.78, 5) is 12.3. The van der Waals surface area contributed by atoms with Gasteiger partial charge in [0.1, 0.15) is 0 Å². The van der Waals surface area contributed by atoms with Crippen LogP contribution in [0, 0.1) is 11.8 Å². The van der Waals surface area contributed by atoms with Crippen molar-refractivity contribution < 1.29 is 26.4 Å². The van der Waals surface area contributed by atoms with Crippen LogP contribution in [0.15, 0.2) is 29.2 Å². The van der Waals surface area contributed by atoms with Gasteiger partial charge in [0, 0.05) is 29.3 Å². The SMILES string of the molecule is O=C(CC1CCCN1S(=O)(=O)c1ccccc1C(F)(F)F)NC12C[C@@H]3C[C@@H](CC(S)(C3)C1)C2. The van der Waals surface area contributed by atoms with E-state index in [1.807, 2.05) is 0 Å². The molecule has 182 valence electrons. The summed E-state index contributed by atoms with van der Waals surface area (Å²) in [6, 6.07) is 3.60. The number of carbonyl (C=O) groups excluding carboxylic acids is 1. The molecule has 4 bridgehead atoms. The molecule has 0 spiro atoms. The Morgan fingerprint density at radius 2 is 1.82 bits per heavy atom. The molecule has 1 N–H and O–H groups in total. The maximum absolute atomic E-state index is 13.5. The molecule has 5 nitrogen and oxygen atoms in total. The number of nitrogens with one attached hydrogen (secondary N) is 1. The van der Waals surface area contributed by atoms with Gasteiger partial charge in [-0.05, 0) is 75.3 Å². The highest BCUT2D eigenvalue weighted by molar-refractivity contribution is 7.89. The van der Waals surface area contributed by atoms with Crippen molar-refractivity contribution in [3.63, 3.8) is 0 Å². The van der Waals surface area contributed by atoms with Gasteiger partial charge in [0.15, 0.2) is 0 Å². The van der Waals surface area contributed by atoms with Gasteiger partial charge in [-0.15, -0.1) is 0 Å². The maximum atomic E-state index is 13.5. The molecule has 5 fully saturated rings. The van der Waals surface area contributed by atoms with Crippen LogP contribution >= 0.6 is 12.6 Å². The van der Waals surface area contributed by atoms with Gasteiger partial charge < -0.3 is 5.32 Å². The van der Waals surface area contributed by atoms with Gasteiger partial charge in [-0.25, -0.2) is 8.42 Å². The van der Waals surface area contributed by atoms with Gasteiger partial charge in [-0.1, -0.05) is 12.1 Å². The summed E-state index contributed by atoms with van der Waals surface area (Å²) in [6.07, 6.45) is 2.19. The molecule has 4 aliphatic carbocycles. The van der Waals surface area contributed by atoms with Crippen LogP contribution in [0.3, 0.4) is 0 Å². The van der Waals surface area contributed by atoms with E-state index in [9.17, 15) is 26.4 Å². The average Bonchev–Trinajstić information content (AvgIpc) is 3.13. The first kappa shape index (κ1) is 23.5. The second-order valence-electron chi connectivity index (χ2n) is 10.6. The Morgan fingerprint density at radius 3 is 2.45 bits per heavy atom. The van der Waals surface area contributed by atoms with E-state index in [-0.39, 0.29) is 29.2 Å². The second-order valence-corrected chi connectivity index (χ2v) is 13.4.